The number of carbonyl (C=O) groups excluding carboxylic acids is 1. The van der Waals surface area contributed by atoms with Gasteiger partial charge in [0.05, 0.1) is 58.6 Å². The second-order valence-electron chi connectivity index (χ2n) is 11.3. The summed E-state index contributed by atoms with van der Waals surface area (Å²) in [5, 5.41) is 13.8. The van der Waals surface area contributed by atoms with Gasteiger partial charge in [-0.2, -0.15) is 10.4 Å². The zero-order valence-electron chi connectivity index (χ0n) is 21.4. The van der Waals surface area contributed by atoms with Crippen LogP contribution in [0.5, 0.6) is 0 Å². The van der Waals surface area contributed by atoms with Crippen molar-refractivity contribution in [2.24, 2.45) is 17.5 Å². The van der Waals surface area contributed by atoms with E-state index in [1.165, 1.54) is 6.07 Å². The van der Waals surface area contributed by atoms with Crippen molar-refractivity contribution in [3.05, 3.63) is 35.7 Å². The van der Waals surface area contributed by atoms with Crippen LogP contribution >= 0.6 is 0 Å². The number of carbonyl (C=O) groups is 1. The fourth-order valence-corrected chi connectivity index (χ4v) is 6.85. The van der Waals surface area contributed by atoms with Gasteiger partial charge in [0.25, 0.3) is 5.91 Å². The van der Waals surface area contributed by atoms with Crippen molar-refractivity contribution in [3.8, 4) is 6.07 Å². The number of guanidine groups is 1. The smallest absolute Gasteiger partial charge is 0.263 e. The van der Waals surface area contributed by atoms with Gasteiger partial charge >= 0.3 is 0 Å². The number of nitrogens with zero attached hydrogens (tertiary/aromatic N) is 7. The monoisotopic (exact) mass is 522 g/mol. The van der Waals surface area contributed by atoms with Crippen LogP contribution in [0.2, 0.25) is 0 Å². The third-order valence-corrected chi connectivity index (χ3v) is 9.27. The average Bonchev–Trinajstić information content (AvgIpc) is 3.20. The van der Waals surface area contributed by atoms with Gasteiger partial charge in [0.15, 0.2) is 0 Å². The van der Waals surface area contributed by atoms with Crippen LogP contribution in [0.4, 0.5) is 11.4 Å². The van der Waals surface area contributed by atoms with Gasteiger partial charge < -0.3 is 9.80 Å². The first-order valence-corrected chi connectivity index (χ1v) is 13.9. The van der Waals surface area contributed by atoms with E-state index in [-0.39, 0.29) is 23.4 Å². The summed E-state index contributed by atoms with van der Waals surface area (Å²) in [4.78, 5) is 24.4. The van der Waals surface area contributed by atoms with Crippen molar-refractivity contribution < 1.29 is 13.2 Å². The zero-order chi connectivity index (χ0) is 26.3. The maximum absolute atomic E-state index is 14.0. The molecule has 4 aliphatic rings. The molecule has 0 unspecified atom stereocenters. The van der Waals surface area contributed by atoms with E-state index in [2.05, 4.69) is 15.9 Å². The SMILES string of the molecule is C[C@@H]1CN=C2N(Cc3cnn(C)c3)C(=O)c3cc(S(=O)(=O)NC4(C)CC4)cc(N4CC(C)(C#N)C4)c3N21. The number of aliphatic imine (C=N–C) groups is 1. The number of aromatic nitrogens is 2. The minimum Gasteiger partial charge on any atom is -0.366 e. The van der Waals surface area contributed by atoms with Gasteiger partial charge in [-0.05, 0) is 45.7 Å². The lowest BCUT2D eigenvalue weighted by molar-refractivity contribution is 0.0832. The quantitative estimate of drug-likeness (QED) is 0.613. The Morgan fingerprint density at radius 2 is 1.97 bits per heavy atom. The Balaban J connectivity index is 1.50. The van der Waals surface area contributed by atoms with Crippen LogP contribution in [0.1, 0.15) is 49.5 Å². The van der Waals surface area contributed by atoms with Gasteiger partial charge in [-0.1, -0.05) is 0 Å². The molecule has 0 radical (unpaired) electrons. The van der Waals surface area contributed by atoms with Crippen molar-refractivity contribution in [1.29, 1.82) is 5.26 Å². The van der Waals surface area contributed by atoms with E-state index in [9.17, 15) is 18.5 Å². The highest BCUT2D eigenvalue weighted by atomic mass is 32.2. The molecule has 11 nitrogen and oxygen atoms in total. The van der Waals surface area contributed by atoms with Gasteiger partial charge in [-0.3, -0.25) is 19.4 Å². The third-order valence-electron chi connectivity index (χ3n) is 7.65. The number of rotatable bonds is 6. The predicted octanol–water partition coefficient (Wildman–Crippen LogP) is 1.82. The van der Waals surface area contributed by atoms with Crippen LogP contribution in [0.25, 0.3) is 0 Å². The summed E-state index contributed by atoms with van der Waals surface area (Å²) in [6.07, 6.45) is 5.11. The van der Waals surface area contributed by atoms with Crippen LogP contribution in [-0.2, 0) is 23.6 Å². The van der Waals surface area contributed by atoms with E-state index >= 15 is 0 Å². The molecule has 0 spiro atoms. The minimum atomic E-state index is -3.87. The number of anilines is 2. The Morgan fingerprint density at radius 3 is 2.59 bits per heavy atom. The normalized spacial score (nSPS) is 23.2. The maximum Gasteiger partial charge on any atom is 0.263 e. The van der Waals surface area contributed by atoms with Crippen molar-refractivity contribution in [1.82, 2.24) is 19.4 Å². The minimum absolute atomic E-state index is 0.0217. The summed E-state index contributed by atoms with van der Waals surface area (Å²) >= 11 is 0. The van der Waals surface area contributed by atoms with E-state index < -0.39 is 21.0 Å². The number of nitrogens with one attached hydrogen (secondary N) is 1. The molecule has 1 aliphatic carbocycles. The molecule has 2 aromatic rings. The first-order valence-electron chi connectivity index (χ1n) is 12.4. The number of benzene rings is 1. The number of fused-ring (bicyclic) bond motifs is 3. The molecular weight excluding hydrogens is 492 g/mol. The summed E-state index contributed by atoms with van der Waals surface area (Å²) in [7, 11) is -2.05. The summed E-state index contributed by atoms with van der Waals surface area (Å²) in [5.74, 6) is 0.250. The summed E-state index contributed by atoms with van der Waals surface area (Å²) in [6, 6.07) is 5.47. The van der Waals surface area contributed by atoms with Gasteiger partial charge in [-0.15, -0.1) is 0 Å². The standard InChI is InChI=1S/C25H30N8O3S/c1-16-9-27-23-32(12-17-10-28-30(4)11-17)22(34)19-7-18(37(35,36)29-25(3)5-6-25)8-20(21(19)33(16)23)31-14-24(2,13-26)15-31/h7-8,10-11,16,29H,5-6,9,12,14-15H2,1-4H3/t16-/m1/s1. The van der Waals surface area contributed by atoms with Gasteiger partial charge in [0.1, 0.15) is 0 Å². The Labute approximate surface area is 216 Å². The molecule has 1 aromatic heterocycles. The highest BCUT2D eigenvalue weighted by Crippen LogP contribution is 2.46. The first-order chi connectivity index (χ1) is 17.4. The fraction of sp³-hybridized carbons (Fsp3) is 0.520. The fourth-order valence-electron chi connectivity index (χ4n) is 5.34. The molecule has 2 fully saturated rings. The van der Waals surface area contributed by atoms with E-state index in [0.29, 0.717) is 42.5 Å². The number of hydrogen-bond acceptors (Lipinski definition) is 8. The molecule has 194 valence electrons. The number of aryl methyl sites for hydroxylation is 1. The van der Waals surface area contributed by atoms with Gasteiger partial charge in [0, 0.05) is 37.4 Å². The molecule has 1 N–H and O–H groups in total. The van der Waals surface area contributed by atoms with Crippen molar-refractivity contribution in [2.75, 3.05) is 29.4 Å². The van der Waals surface area contributed by atoms with Crippen LogP contribution in [0.3, 0.4) is 0 Å². The molecule has 1 amide bonds. The van der Waals surface area contributed by atoms with E-state index in [1.54, 1.807) is 21.8 Å². The van der Waals surface area contributed by atoms with Crippen LogP contribution in [-0.4, -0.2) is 66.2 Å². The number of hydrogen-bond donors (Lipinski definition) is 1. The molecule has 4 heterocycles. The molecule has 0 bridgehead atoms. The largest absolute Gasteiger partial charge is 0.366 e. The predicted molar refractivity (Wildman–Crippen MR) is 138 cm³/mol. The summed E-state index contributed by atoms with van der Waals surface area (Å²) < 4.78 is 31.4. The third kappa shape index (κ3) is 3.88. The molecule has 12 heteroatoms. The Bertz CT molecular complexity index is 1490. The number of amides is 1. The maximum atomic E-state index is 14.0. The average molecular weight is 523 g/mol. The molecule has 1 saturated heterocycles. The van der Waals surface area contributed by atoms with Crippen molar-refractivity contribution >= 4 is 33.3 Å². The molecule has 3 aliphatic heterocycles. The number of sulfonamides is 1. The van der Waals surface area contributed by atoms with E-state index in [0.717, 1.165) is 18.4 Å². The molecule has 1 atom stereocenters. The Kier molecular flexibility index (Phi) is 5.04. The Hall–Kier alpha value is -3.43. The van der Waals surface area contributed by atoms with Crippen LogP contribution in [0, 0.1) is 16.7 Å². The first kappa shape index (κ1) is 23.9. The van der Waals surface area contributed by atoms with E-state index in [1.807, 2.05) is 43.8 Å². The topological polar surface area (TPSA) is 127 Å². The zero-order valence-corrected chi connectivity index (χ0v) is 22.2. The number of nitriles is 1. The Morgan fingerprint density at radius 1 is 1.24 bits per heavy atom. The van der Waals surface area contributed by atoms with Crippen LogP contribution in [0.15, 0.2) is 34.4 Å². The molecule has 1 saturated carbocycles. The molecule has 6 rings (SSSR count). The van der Waals surface area contributed by atoms with Gasteiger partial charge in [0.2, 0.25) is 16.0 Å². The van der Waals surface area contributed by atoms with Gasteiger partial charge in [-0.25, -0.2) is 13.1 Å². The highest BCUT2D eigenvalue weighted by molar-refractivity contribution is 7.89. The molecule has 37 heavy (non-hydrogen) atoms. The molecular formula is C25H30N8O3S. The second-order valence-corrected chi connectivity index (χ2v) is 13.0. The van der Waals surface area contributed by atoms with Crippen molar-refractivity contribution in [2.45, 2.75) is 56.6 Å². The van der Waals surface area contributed by atoms with Crippen molar-refractivity contribution in [3.63, 3.8) is 0 Å². The lowest BCUT2D eigenvalue weighted by atomic mass is 9.83. The lowest BCUT2D eigenvalue weighted by Crippen LogP contribution is -2.56. The van der Waals surface area contributed by atoms with E-state index in [4.69, 9.17) is 4.99 Å². The lowest BCUT2D eigenvalue weighted by Gasteiger charge is -2.48. The molecule has 1 aromatic carbocycles. The highest BCUT2D eigenvalue weighted by Gasteiger charge is 2.47. The summed E-state index contributed by atoms with van der Waals surface area (Å²) in [5.41, 5.74) is 1.49. The second kappa shape index (κ2) is 7.79. The van der Waals surface area contributed by atoms with Crippen LogP contribution < -0.4 is 14.5 Å². The summed E-state index contributed by atoms with van der Waals surface area (Å²) in [6.45, 7) is 7.50.